The van der Waals surface area contributed by atoms with Gasteiger partial charge in [0, 0.05) is 31.9 Å². The van der Waals surface area contributed by atoms with Gasteiger partial charge in [-0.05, 0) is 29.3 Å². The van der Waals surface area contributed by atoms with Crippen molar-refractivity contribution in [1.29, 1.82) is 0 Å². The molecular formula is C18H18F3N3O2. The van der Waals surface area contributed by atoms with Crippen LogP contribution in [0.4, 0.5) is 23.7 Å². The number of urea groups is 1. The Labute approximate surface area is 148 Å². The Bertz CT molecular complexity index is 823. The number of anilines is 1. The second-order valence-corrected chi connectivity index (χ2v) is 6.12. The first kappa shape index (κ1) is 18.0. The monoisotopic (exact) mass is 365 g/mol. The highest BCUT2D eigenvalue weighted by Crippen LogP contribution is 2.21. The minimum absolute atomic E-state index is 0.0158. The van der Waals surface area contributed by atoms with E-state index in [0.29, 0.717) is 18.7 Å². The van der Waals surface area contributed by atoms with Crippen LogP contribution in [-0.4, -0.2) is 54.1 Å². The quantitative estimate of drug-likeness (QED) is 0.841. The van der Waals surface area contributed by atoms with Gasteiger partial charge in [0.25, 0.3) is 0 Å². The summed E-state index contributed by atoms with van der Waals surface area (Å²) < 4.78 is 37.7. The van der Waals surface area contributed by atoms with Crippen LogP contribution in [0.2, 0.25) is 0 Å². The summed E-state index contributed by atoms with van der Waals surface area (Å²) in [7, 11) is 0. The van der Waals surface area contributed by atoms with Crippen LogP contribution >= 0.6 is 0 Å². The predicted octanol–water partition coefficient (Wildman–Crippen LogP) is 3.47. The van der Waals surface area contributed by atoms with Gasteiger partial charge in [-0.1, -0.05) is 30.3 Å². The van der Waals surface area contributed by atoms with Gasteiger partial charge in [-0.3, -0.25) is 4.79 Å². The maximum absolute atomic E-state index is 12.6. The van der Waals surface area contributed by atoms with Gasteiger partial charge in [0.2, 0.25) is 0 Å². The summed E-state index contributed by atoms with van der Waals surface area (Å²) in [4.78, 5) is 25.9. The SMILES string of the molecule is O=C(Nc1ccc2ccccc2c1)N1CCCN(C(=O)C(F)(F)F)CC1. The fourth-order valence-corrected chi connectivity index (χ4v) is 2.97. The lowest BCUT2D eigenvalue weighted by Gasteiger charge is -2.23. The first-order chi connectivity index (χ1) is 12.3. The molecule has 0 radical (unpaired) electrons. The molecule has 0 aromatic heterocycles. The standard InChI is InChI=1S/C18H18F3N3O2/c19-18(20,21)16(25)23-8-3-9-24(11-10-23)17(26)22-15-7-6-13-4-1-2-5-14(13)12-15/h1-2,4-7,12H,3,8-11H2,(H,22,26). The van der Waals surface area contributed by atoms with Crippen molar-refractivity contribution in [2.24, 2.45) is 0 Å². The van der Waals surface area contributed by atoms with Crippen molar-refractivity contribution in [3.63, 3.8) is 0 Å². The fourth-order valence-electron chi connectivity index (χ4n) is 2.97. The van der Waals surface area contributed by atoms with E-state index >= 15 is 0 Å². The Morgan fingerprint density at radius 1 is 0.885 bits per heavy atom. The molecular weight excluding hydrogens is 347 g/mol. The highest BCUT2D eigenvalue weighted by molar-refractivity contribution is 5.93. The highest BCUT2D eigenvalue weighted by Gasteiger charge is 2.42. The zero-order valence-electron chi connectivity index (χ0n) is 13.9. The first-order valence-corrected chi connectivity index (χ1v) is 8.25. The maximum atomic E-state index is 12.6. The Hall–Kier alpha value is -2.77. The fraction of sp³-hybridized carbons (Fsp3) is 0.333. The van der Waals surface area contributed by atoms with Crippen LogP contribution in [0.15, 0.2) is 42.5 Å². The number of fused-ring (bicyclic) bond motifs is 1. The molecule has 0 aliphatic carbocycles. The molecule has 1 heterocycles. The highest BCUT2D eigenvalue weighted by atomic mass is 19.4. The van der Waals surface area contributed by atoms with Crippen LogP contribution in [0.25, 0.3) is 10.8 Å². The Morgan fingerprint density at radius 2 is 1.54 bits per heavy atom. The number of nitrogens with one attached hydrogen (secondary N) is 1. The van der Waals surface area contributed by atoms with Crippen molar-refractivity contribution >= 4 is 28.4 Å². The summed E-state index contributed by atoms with van der Waals surface area (Å²) in [6, 6.07) is 12.8. The van der Waals surface area contributed by atoms with Gasteiger partial charge in [0.05, 0.1) is 0 Å². The largest absolute Gasteiger partial charge is 0.471 e. The van der Waals surface area contributed by atoms with E-state index in [4.69, 9.17) is 0 Å². The molecule has 0 atom stereocenters. The minimum atomic E-state index is -4.89. The van der Waals surface area contributed by atoms with Crippen molar-refractivity contribution < 1.29 is 22.8 Å². The summed E-state index contributed by atoms with van der Waals surface area (Å²) >= 11 is 0. The molecule has 26 heavy (non-hydrogen) atoms. The molecule has 0 unspecified atom stereocenters. The second kappa shape index (κ2) is 7.23. The number of alkyl halides is 3. The van der Waals surface area contributed by atoms with E-state index in [1.807, 2.05) is 36.4 Å². The van der Waals surface area contributed by atoms with Gasteiger partial charge in [-0.2, -0.15) is 13.2 Å². The molecule has 2 aromatic rings. The average molecular weight is 365 g/mol. The van der Waals surface area contributed by atoms with E-state index < -0.39 is 12.1 Å². The number of amides is 3. The number of nitrogens with zero attached hydrogens (tertiary/aromatic N) is 2. The van der Waals surface area contributed by atoms with E-state index in [1.54, 1.807) is 6.07 Å². The van der Waals surface area contributed by atoms with Crippen molar-refractivity contribution in [2.45, 2.75) is 12.6 Å². The summed E-state index contributed by atoms with van der Waals surface area (Å²) in [5.41, 5.74) is 0.612. The van der Waals surface area contributed by atoms with Crippen molar-refractivity contribution in [3.8, 4) is 0 Å². The van der Waals surface area contributed by atoms with E-state index in [9.17, 15) is 22.8 Å². The molecule has 0 bridgehead atoms. The normalized spacial score (nSPS) is 15.7. The van der Waals surface area contributed by atoms with Gasteiger partial charge in [0.15, 0.2) is 0 Å². The number of hydrogen-bond acceptors (Lipinski definition) is 2. The van der Waals surface area contributed by atoms with Crippen LogP contribution in [0.1, 0.15) is 6.42 Å². The third kappa shape index (κ3) is 4.07. The molecule has 5 nitrogen and oxygen atoms in total. The van der Waals surface area contributed by atoms with Crippen molar-refractivity contribution in [1.82, 2.24) is 9.80 Å². The van der Waals surface area contributed by atoms with Crippen LogP contribution in [0.3, 0.4) is 0 Å². The third-order valence-corrected chi connectivity index (χ3v) is 4.31. The molecule has 2 aromatic carbocycles. The zero-order chi connectivity index (χ0) is 18.7. The number of carbonyl (C=O) groups is 2. The van der Waals surface area contributed by atoms with Gasteiger partial charge in [-0.25, -0.2) is 4.79 Å². The lowest BCUT2D eigenvalue weighted by molar-refractivity contribution is -0.185. The van der Waals surface area contributed by atoms with Crippen molar-refractivity contribution in [3.05, 3.63) is 42.5 Å². The molecule has 1 aliphatic heterocycles. The molecule has 0 saturated carbocycles. The lowest BCUT2D eigenvalue weighted by Crippen LogP contribution is -2.44. The Kier molecular flexibility index (Phi) is 5.01. The van der Waals surface area contributed by atoms with Gasteiger partial charge in [-0.15, -0.1) is 0 Å². The number of carbonyl (C=O) groups excluding carboxylic acids is 2. The minimum Gasteiger partial charge on any atom is -0.333 e. The van der Waals surface area contributed by atoms with E-state index in [1.165, 1.54) is 4.90 Å². The topological polar surface area (TPSA) is 52.7 Å². The van der Waals surface area contributed by atoms with Gasteiger partial charge < -0.3 is 15.1 Å². The average Bonchev–Trinajstić information content (AvgIpc) is 2.86. The van der Waals surface area contributed by atoms with E-state index in [2.05, 4.69) is 5.32 Å². The lowest BCUT2D eigenvalue weighted by atomic mass is 10.1. The first-order valence-electron chi connectivity index (χ1n) is 8.25. The molecule has 3 rings (SSSR count). The van der Waals surface area contributed by atoms with Crippen molar-refractivity contribution in [2.75, 3.05) is 31.5 Å². The number of benzene rings is 2. The molecule has 1 N–H and O–H groups in total. The smallest absolute Gasteiger partial charge is 0.333 e. The van der Waals surface area contributed by atoms with Crippen LogP contribution < -0.4 is 5.32 Å². The van der Waals surface area contributed by atoms with Gasteiger partial charge in [0.1, 0.15) is 0 Å². The zero-order valence-corrected chi connectivity index (χ0v) is 13.9. The van der Waals surface area contributed by atoms with Gasteiger partial charge >= 0.3 is 18.1 Å². The summed E-state index contributed by atoms with van der Waals surface area (Å²) in [5, 5.41) is 4.79. The van der Waals surface area contributed by atoms with Crippen LogP contribution in [0.5, 0.6) is 0 Å². The van der Waals surface area contributed by atoms with Crippen LogP contribution in [0, 0.1) is 0 Å². The van der Waals surface area contributed by atoms with Crippen LogP contribution in [-0.2, 0) is 4.79 Å². The molecule has 138 valence electrons. The molecule has 1 saturated heterocycles. The molecule has 1 aliphatic rings. The predicted molar refractivity (Wildman–Crippen MR) is 91.8 cm³/mol. The number of hydrogen-bond donors (Lipinski definition) is 1. The van der Waals surface area contributed by atoms with E-state index in [-0.39, 0.29) is 25.7 Å². The van der Waals surface area contributed by atoms with E-state index in [0.717, 1.165) is 15.7 Å². The maximum Gasteiger partial charge on any atom is 0.471 e. The number of rotatable bonds is 1. The Balaban J connectivity index is 1.63. The second-order valence-electron chi connectivity index (χ2n) is 6.12. The summed E-state index contributed by atoms with van der Waals surface area (Å²) in [5.74, 6) is -1.85. The molecule has 3 amide bonds. The molecule has 1 fully saturated rings. The molecule has 0 spiro atoms. The Morgan fingerprint density at radius 3 is 2.27 bits per heavy atom. The number of halogens is 3. The summed E-state index contributed by atoms with van der Waals surface area (Å²) in [6.07, 6.45) is -4.59. The summed E-state index contributed by atoms with van der Waals surface area (Å²) in [6.45, 7) is 0.198. The molecule has 8 heteroatoms. The third-order valence-electron chi connectivity index (χ3n) is 4.31.